The number of carbonyl (C=O) groups excluding carboxylic acids is 1. The predicted molar refractivity (Wildman–Crippen MR) is 177 cm³/mol. The van der Waals surface area contributed by atoms with Crippen molar-refractivity contribution in [3.05, 3.63) is 101 Å². The lowest BCUT2D eigenvalue weighted by Gasteiger charge is -2.37. The number of ether oxygens (including phenoxy) is 3. The van der Waals surface area contributed by atoms with Gasteiger partial charge < -0.3 is 14.2 Å². The van der Waals surface area contributed by atoms with Gasteiger partial charge >= 0.3 is 5.97 Å². The molecule has 4 fully saturated rings. The second kappa shape index (κ2) is 12.9. The first-order chi connectivity index (χ1) is 22.3. The van der Waals surface area contributed by atoms with Gasteiger partial charge in [0.2, 0.25) is 0 Å². The van der Waals surface area contributed by atoms with E-state index in [4.69, 9.17) is 14.2 Å². The quantitative estimate of drug-likeness (QED) is 0.195. The van der Waals surface area contributed by atoms with Crippen LogP contribution in [0.3, 0.4) is 0 Å². The molecule has 46 heavy (non-hydrogen) atoms. The van der Waals surface area contributed by atoms with Crippen LogP contribution in [0, 0.1) is 11.8 Å². The van der Waals surface area contributed by atoms with Crippen LogP contribution in [0.4, 0.5) is 0 Å². The fourth-order valence-electron chi connectivity index (χ4n) is 7.86. The summed E-state index contributed by atoms with van der Waals surface area (Å²) in [5.41, 5.74) is 4.04. The summed E-state index contributed by atoms with van der Waals surface area (Å²) < 4.78 is 45.8. The maximum Gasteiger partial charge on any atom is 0.313 e. The van der Waals surface area contributed by atoms with Crippen molar-refractivity contribution in [2.24, 2.45) is 11.8 Å². The summed E-state index contributed by atoms with van der Waals surface area (Å²) in [5, 5.41) is -0.246. The van der Waals surface area contributed by atoms with E-state index in [0.717, 1.165) is 80.0 Å². The Morgan fingerprint density at radius 3 is 1.96 bits per heavy atom. The molecule has 0 N–H and O–H groups in total. The van der Waals surface area contributed by atoms with Gasteiger partial charge in [0.1, 0.15) is 12.2 Å². The molecule has 3 aliphatic carbocycles. The summed E-state index contributed by atoms with van der Waals surface area (Å²) in [7, 11) is -3.31. The largest absolute Gasteiger partial charge is 0.466 e. The van der Waals surface area contributed by atoms with Crippen molar-refractivity contribution in [1.29, 1.82) is 0 Å². The summed E-state index contributed by atoms with van der Waals surface area (Å²) >= 11 is 0. The van der Waals surface area contributed by atoms with Gasteiger partial charge in [-0.3, -0.25) is 4.79 Å². The minimum atomic E-state index is -3.31. The lowest BCUT2D eigenvalue weighted by Crippen LogP contribution is -2.36. The zero-order valence-corrected chi connectivity index (χ0v) is 27.8. The summed E-state index contributed by atoms with van der Waals surface area (Å²) in [6.07, 6.45) is 7.56. The van der Waals surface area contributed by atoms with Crippen molar-refractivity contribution in [1.82, 2.24) is 0 Å². The zero-order valence-electron chi connectivity index (χ0n) is 27.0. The molecule has 1 saturated heterocycles. The summed E-state index contributed by atoms with van der Waals surface area (Å²) in [4.78, 5) is 14.0. The minimum Gasteiger partial charge on any atom is -0.466 e. The molecule has 1 aliphatic heterocycles. The number of carbonyl (C=O) groups is 1. The van der Waals surface area contributed by atoms with E-state index in [9.17, 15) is 13.2 Å². The SMILES string of the molecule is CCOC(=O)C(c1ccc(S(=O)(=O)C2CC2)c(C2CC2)c1)C(C)CC1CCC2(CC1)O[C@@H](c1ccccc1)[C@H](c1ccccc1)O2. The molecule has 3 aromatic rings. The third-order valence-electron chi connectivity index (χ3n) is 10.6. The minimum absolute atomic E-state index is 0.0376. The Bertz CT molecular complexity index is 1570. The van der Waals surface area contributed by atoms with Crippen molar-refractivity contribution in [3.63, 3.8) is 0 Å². The first-order valence-electron chi connectivity index (χ1n) is 17.3. The average Bonchev–Trinajstić information content (AvgIpc) is 4.00. The van der Waals surface area contributed by atoms with E-state index in [1.807, 2.05) is 31.2 Å². The van der Waals surface area contributed by atoms with Crippen LogP contribution in [0.5, 0.6) is 0 Å². The second-order valence-corrected chi connectivity index (χ2v) is 16.2. The molecule has 7 rings (SSSR count). The Balaban J connectivity index is 1.07. The molecule has 0 aromatic heterocycles. The smallest absolute Gasteiger partial charge is 0.313 e. The molecular formula is C39H46O6S. The van der Waals surface area contributed by atoms with Crippen LogP contribution in [0.15, 0.2) is 83.8 Å². The zero-order chi connectivity index (χ0) is 31.9. The molecule has 1 spiro atoms. The fraction of sp³-hybridized carbons (Fsp3) is 0.513. The molecule has 7 heteroatoms. The molecule has 0 bridgehead atoms. The summed E-state index contributed by atoms with van der Waals surface area (Å²) in [5.74, 6) is -0.551. The average molecular weight is 643 g/mol. The highest BCUT2D eigenvalue weighted by Crippen LogP contribution is 2.54. The normalized spacial score (nSPS) is 24.5. The topological polar surface area (TPSA) is 78.9 Å². The van der Waals surface area contributed by atoms with Crippen molar-refractivity contribution in [2.45, 2.75) is 112 Å². The molecule has 6 nitrogen and oxygen atoms in total. The van der Waals surface area contributed by atoms with E-state index < -0.39 is 21.5 Å². The Morgan fingerprint density at radius 2 is 1.43 bits per heavy atom. The number of sulfone groups is 1. The third kappa shape index (κ3) is 6.43. The highest BCUT2D eigenvalue weighted by molar-refractivity contribution is 7.92. The van der Waals surface area contributed by atoms with E-state index in [1.165, 1.54) is 0 Å². The Hall–Kier alpha value is -3.00. The van der Waals surface area contributed by atoms with Crippen molar-refractivity contribution >= 4 is 15.8 Å². The maximum absolute atomic E-state index is 13.5. The van der Waals surface area contributed by atoms with E-state index in [-0.39, 0.29) is 35.3 Å². The molecular weight excluding hydrogens is 596 g/mol. The second-order valence-electron chi connectivity index (χ2n) is 14.0. The number of esters is 1. The molecule has 4 atom stereocenters. The highest BCUT2D eigenvalue weighted by Gasteiger charge is 2.50. The van der Waals surface area contributed by atoms with Crippen LogP contribution in [0.1, 0.15) is 118 Å². The monoisotopic (exact) mass is 642 g/mol. The molecule has 0 amide bonds. The molecule has 244 valence electrons. The highest BCUT2D eigenvalue weighted by atomic mass is 32.2. The van der Waals surface area contributed by atoms with E-state index in [0.29, 0.717) is 17.4 Å². The van der Waals surface area contributed by atoms with E-state index in [2.05, 4.69) is 55.5 Å². The van der Waals surface area contributed by atoms with Crippen LogP contribution in [0.25, 0.3) is 0 Å². The number of hydrogen-bond acceptors (Lipinski definition) is 6. The molecule has 0 radical (unpaired) electrons. The van der Waals surface area contributed by atoms with Crippen molar-refractivity contribution in [3.8, 4) is 0 Å². The van der Waals surface area contributed by atoms with Crippen molar-refractivity contribution in [2.75, 3.05) is 6.61 Å². The number of hydrogen-bond donors (Lipinski definition) is 0. The Morgan fingerprint density at radius 1 is 0.848 bits per heavy atom. The summed E-state index contributed by atoms with van der Waals surface area (Å²) in [6.45, 7) is 4.31. The number of rotatable bonds is 11. The Labute approximate surface area is 273 Å². The molecule has 4 aliphatic rings. The van der Waals surface area contributed by atoms with E-state index >= 15 is 0 Å². The first-order valence-corrected chi connectivity index (χ1v) is 18.8. The molecule has 2 unspecified atom stereocenters. The molecule has 3 saturated carbocycles. The van der Waals surface area contributed by atoms with Gasteiger partial charge in [-0.15, -0.1) is 0 Å². The predicted octanol–water partition coefficient (Wildman–Crippen LogP) is 8.59. The third-order valence-corrected chi connectivity index (χ3v) is 12.9. The first kappa shape index (κ1) is 31.6. The number of benzene rings is 3. The van der Waals surface area contributed by atoms with Gasteiger partial charge in [0, 0.05) is 12.8 Å². The molecule has 3 aromatic carbocycles. The van der Waals surface area contributed by atoms with Crippen LogP contribution in [-0.2, 0) is 28.8 Å². The van der Waals surface area contributed by atoms with Crippen LogP contribution < -0.4 is 0 Å². The van der Waals surface area contributed by atoms with Gasteiger partial charge in [0.15, 0.2) is 15.6 Å². The van der Waals surface area contributed by atoms with Gasteiger partial charge in [-0.05, 0) is 97.9 Å². The van der Waals surface area contributed by atoms with Gasteiger partial charge in [-0.2, -0.15) is 0 Å². The Kier molecular flexibility index (Phi) is 8.85. The fourth-order valence-corrected chi connectivity index (χ4v) is 9.78. The van der Waals surface area contributed by atoms with E-state index in [1.54, 1.807) is 6.07 Å². The van der Waals surface area contributed by atoms with Gasteiger partial charge in [0.25, 0.3) is 0 Å². The van der Waals surface area contributed by atoms with Crippen LogP contribution in [0.2, 0.25) is 0 Å². The lowest BCUT2D eigenvalue weighted by atomic mass is 9.75. The van der Waals surface area contributed by atoms with Crippen LogP contribution in [-0.4, -0.2) is 32.0 Å². The van der Waals surface area contributed by atoms with Gasteiger partial charge in [-0.1, -0.05) is 79.7 Å². The van der Waals surface area contributed by atoms with Crippen molar-refractivity contribution < 1.29 is 27.4 Å². The maximum atomic E-state index is 13.5. The van der Waals surface area contributed by atoms with Crippen LogP contribution >= 0.6 is 0 Å². The van der Waals surface area contributed by atoms with Gasteiger partial charge in [-0.25, -0.2) is 8.42 Å². The summed E-state index contributed by atoms with van der Waals surface area (Å²) in [6, 6.07) is 26.4. The van der Waals surface area contributed by atoms with Gasteiger partial charge in [0.05, 0.1) is 22.7 Å². The lowest BCUT2D eigenvalue weighted by molar-refractivity contribution is -0.201. The standard InChI is InChI=1S/C39H46O6S/c1-3-43-38(40)35(31-16-19-34(33(25-31)28-14-15-28)46(41,42)32-17-18-32)26(2)24-27-20-22-39(23-21-27)44-36(29-10-6-4-7-11-29)37(45-39)30-12-8-5-9-13-30/h4-13,16,19,25-28,32,35-37H,3,14-15,17-18,20-24H2,1-2H3/t26?,35?,36-,37-/m0/s1. The molecule has 1 heterocycles.